The molecule has 0 radical (unpaired) electrons. The zero-order chi connectivity index (χ0) is 9.97. The van der Waals surface area contributed by atoms with E-state index in [1.807, 2.05) is 20.0 Å². The lowest BCUT2D eigenvalue weighted by Gasteiger charge is -2.05. The van der Waals surface area contributed by atoms with Crippen molar-refractivity contribution in [2.45, 2.75) is 0 Å². The van der Waals surface area contributed by atoms with Gasteiger partial charge in [-0.05, 0) is 12.1 Å². The summed E-state index contributed by atoms with van der Waals surface area (Å²) in [6.07, 6.45) is 3.40. The van der Waals surface area contributed by atoms with Gasteiger partial charge in [0, 0.05) is 29.1 Å². The normalized spacial score (nSPS) is 10.4. The molecule has 6 heteroatoms. The van der Waals surface area contributed by atoms with Crippen molar-refractivity contribution in [3.8, 4) is 0 Å². The minimum atomic E-state index is 0.900. The predicted octanol–water partition coefficient (Wildman–Crippen LogP) is 0.793. The number of aromatic nitrogens is 2. The van der Waals surface area contributed by atoms with Crippen LogP contribution in [0, 0.1) is 0 Å². The van der Waals surface area contributed by atoms with Crippen LogP contribution in [-0.4, -0.2) is 17.8 Å². The second kappa shape index (κ2) is 4.10. The van der Waals surface area contributed by atoms with Crippen molar-refractivity contribution in [3.63, 3.8) is 0 Å². The third-order valence-electron chi connectivity index (χ3n) is 1.93. The van der Waals surface area contributed by atoms with Crippen LogP contribution in [-0.2, 0) is 0 Å². The van der Waals surface area contributed by atoms with Crippen molar-refractivity contribution >= 4 is 52.7 Å². The van der Waals surface area contributed by atoms with Gasteiger partial charge in [-0.25, -0.2) is 0 Å². The first-order valence-electron chi connectivity index (χ1n) is 4.09. The molecule has 70 valence electrons. The molecular weight excluding hydrogens is 213 g/mol. The van der Waals surface area contributed by atoms with E-state index in [0.29, 0.717) is 0 Å². The topological polar surface area (TPSA) is 37.8 Å². The van der Waals surface area contributed by atoms with Gasteiger partial charge in [-0.1, -0.05) is 17.1 Å². The maximum Gasteiger partial charge on any atom is 0.142 e. The molecule has 14 heavy (non-hydrogen) atoms. The maximum absolute atomic E-state index is 4.27. The van der Waals surface area contributed by atoms with E-state index in [-0.39, 0.29) is 0 Å². The van der Waals surface area contributed by atoms with Gasteiger partial charge in [-0.3, -0.25) is 9.97 Å². The van der Waals surface area contributed by atoms with Crippen molar-refractivity contribution in [1.82, 2.24) is 9.97 Å². The van der Waals surface area contributed by atoms with Gasteiger partial charge in [0.05, 0.1) is 11.0 Å². The number of anilines is 1. The zero-order valence-corrected chi connectivity index (χ0v) is 9.27. The Morgan fingerprint density at radius 2 is 2.07 bits per heavy atom. The predicted molar refractivity (Wildman–Crippen MR) is 67.9 cm³/mol. The van der Waals surface area contributed by atoms with Crippen molar-refractivity contribution in [3.05, 3.63) is 24.5 Å². The number of fused-ring (bicyclic) bond motifs is 1. The molecule has 0 saturated heterocycles. The quantitative estimate of drug-likeness (QED) is 0.340. The lowest BCUT2D eigenvalue weighted by atomic mass is 9.94. The minimum absolute atomic E-state index is 0.900. The van der Waals surface area contributed by atoms with Crippen LogP contribution in [0.2, 0.25) is 0 Å². The van der Waals surface area contributed by atoms with Crippen LogP contribution in [0.3, 0.4) is 0 Å². The second-order valence-corrected chi connectivity index (χ2v) is 3.84. The second-order valence-electron chi connectivity index (χ2n) is 2.91. The summed E-state index contributed by atoms with van der Waals surface area (Å²) in [4.78, 5) is 8.51. The minimum Gasteiger partial charge on any atom is -0.321 e. The molecule has 1 heterocycles. The lowest BCUT2D eigenvalue weighted by Crippen LogP contribution is -2.07. The summed E-state index contributed by atoms with van der Waals surface area (Å²) < 4.78 is 3.05. The molecule has 3 nitrogen and oxygen atoms in total. The Bertz CT molecular complexity index is 463. The summed E-state index contributed by atoms with van der Waals surface area (Å²) in [5.41, 5.74) is 3.95. The summed E-state index contributed by atoms with van der Waals surface area (Å²) in [5.74, 6) is 0. The highest BCUT2D eigenvalue weighted by molar-refractivity contribution is 8.69. The summed E-state index contributed by atoms with van der Waals surface area (Å²) in [6, 6.07) is 3.98. The first-order valence-corrected chi connectivity index (χ1v) is 5.96. The van der Waals surface area contributed by atoms with Crippen molar-refractivity contribution in [2.24, 2.45) is 0 Å². The van der Waals surface area contributed by atoms with Crippen molar-refractivity contribution in [1.29, 1.82) is 0 Å². The zero-order valence-electron chi connectivity index (χ0n) is 7.56. The largest absolute Gasteiger partial charge is 0.321 e. The maximum atomic E-state index is 4.27. The van der Waals surface area contributed by atoms with Crippen LogP contribution in [0.4, 0.5) is 5.69 Å². The van der Waals surface area contributed by atoms with Crippen LogP contribution in [0.15, 0.2) is 24.5 Å². The van der Waals surface area contributed by atoms with Crippen LogP contribution in [0.5, 0.6) is 0 Å². The molecule has 1 N–H and O–H groups in total. The summed E-state index contributed by atoms with van der Waals surface area (Å²) in [6.45, 7) is 0. The molecule has 1 aromatic carbocycles. The van der Waals surface area contributed by atoms with E-state index < -0.39 is 0 Å². The molecule has 0 bridgehead atoms. The van der Waals surface area contributed by atoms with Gasteiger partial charge in [-0.2, -0.15) is 0 Å². The Kier molecular flexibility index (Phi) is 2.83. The van der Waals surface area contributed by atoms with Gasteiger partial charge in [0.15, 0.2) is 0 Å². The number of hydrogen-bond acceptors (Lipinski definition) is 5. The standard InChI is InChI=1S/C8H8BN3S2/c9-6-3-5(12-14-13)4-7-8(6)11-2-1-10-7/h1-4,12-13H,9H2. The van der Waals surface area contributed by atoms with E-state index in [1.54, 1.807) is 12.4 Å². The van der Waals surface area contributed by atoms with Gasteiger partial charge < -0.3 is 4.72 Å². The van der Waals surface area contributed by atoms with E-state index in [9.17, 15) is 0 Å². The fourth-order valence-electron chi connectivity index (χ4n) is 1.36. The Hall–Kier alpha value is -0.875. The molecule has 0 aliphatic rings. The van der Waals surface area contributed by atoms with E-state index in [1.165, 1.54) is 11.0 Å². The van der Waals surface area contributed by atoms with Gasteiger partial charge in [0.25, 0.3) is 0 Å². The Morgan fingerprint density at radius 1 is 1.29 bits per heavy atom. The van der Waals surface area contributed by atoms with E-state index >= 15 is 0 Å². The molecule has 0 aliphatic heterocycles. The lowest BCUT2D eigenvalue weighted by molar-refractivity contribution is 1.30. The van der Waals surface area contributed by atoms with Gasteiger partial charge in [0.2, 0.25) is 0 Å². The number of benzene rings is 1. The fraction of sp³-hybridized carbons (Fsp3) is 0. The van der Waals surface area contributed by atoms with Crippen LogP contribution in [0.25, 0.3) is 11.0 Å². The van der Waals surface area contributed by atoms with Gasteiger partial charge in [-0.15, -0.1) is 0 Å². The van der Waals surface area contributed by atoms with Crippen LogP contribution >= 0.6 is 22.6 Å². The first kappa shape index (κ1) is 9.67. The highest BCUT2D eigenvalue weighted by atomic mass is 33.1. The number of nitrogens with one attached hydrogen (secondary N) is 1. The molecule has 0 spiro atoms. The number of hydrogen-bond donors (Lipinski definition) is 2. The van der Waals surface area contributed by atoms with Crippen molar-refractivity contribution < 1.29 is 0 Å². The molecule has 0 fully saturated rings. The highest BCUT2D eigenvalue weighted by Crippen LogP contribution is 2.17. The fourth-order valence-corrected chi connectivity index (χ4v) is 1.90. The first-order chi connectivity index (χ1) is 6.81. The molecule has 2 aromatic rings. The summed E-state index contributed by atoms with van der Waals surface area (Å²) in [5, 5.41) is 0. The molecule has 0 unspecified atom stereocenters. The summed E-state index contributed by atoms with van der Waals surface area (Å²) in [7, 11) is 3.29. The van der Waals surface area contributed by atoms with Crippen molar-refractivity contribution in [2.75, 3.05) is 4.72 Å². The van der Waals surface area contributed by atoms with Crippen LogP contribution < -0.4 is 10.2 Å². The molecule has 2 rings (SSSR count). The van der Waals surface area contributed by atoms with E-state index in [4.69, 9.17) is 0 Å². The van der Waals surface area contributed by atoms with E-state index in [0.717, 1.165) is 22.2 Å². The molecule has 0 aliphatic carbocycles. The molecule has 0 amide bonds. The highest BCUT2D eigenvalue weighted by Gasteiger charge is 2.01. The Labute approximate surface area is 92.1 Å². The van der Waals surface area contributed by atoms with Gasteiger partial charge >= 0.3 is 0 Å². The Morgan fingerprint density at radius 3 is 2.86 bits per heavy atom. The number of thiol groups is 1. The summed E-state index contributed by atoms with van der Waals surface area (Å²) >= 11 is 4.03. The molecule has 0 atom stereocenters. The molecule has 0 saturated carbocycles. The monoisotopic (exact) mass is 221 g/mol. The van der Waals surface area contributed by atoms with Gasteiger partial charge in [0.1, 0.15) is 7.85 Å². The molecule has 1 aromatic heterocycles. The SMILES string of the molecule is Bc1cc(NSS)cc2nccnc12. The smallest absolute Gasteiger partial charge is 0.142 e. The average molecular weight is 221 g/mol. The third-order valence-corrected chi connectivity index (χ3v) is 2.53. The number of nitrogens with zero attached hydrogens (tertiary/aromatic N) is 2. The average Bonchev–Trinajstić information content (AvgIpc) is 2.18. The molecular formula is C8H8BN3S2. The number of rotatable bonds is 2. The van der Waals surface area contributed by atoms with Crippen LogP contribution in [0.1, 0.15) is 0 Å². The Balaban J connectivity index is 2.60. The third kappa shape index (κ3) is 1.81. The van der Waals surface area contributed by atoms with E-state index in [2.05, 4.69) is 26.4 Å².